The molecular weight excluding hydrogens is 1500 g/mol. The van der Waals surface area contributed by atoms with Crippen LogP contribution in [0, 0.1) is 0 Å². The van der Waals surface area contributed by atoms with Crippen molar-refractivity contribution < 1.29 is 122 Å². The fraction of sp³-hybridized carbons (Fsp3) is 0.933. The highest BCUT2D eigenvalue weighted by atomic mass is 31.2. The number of unbranched alkanes of at least 4 members (excludes halogenated alkanes) is 49. The summed E-state index contributed by atoms with van der Waals surface area (Å²) in [6.45, 7) is 5.59. The van der Waals surface area contributed by atoms with Crippen molar-refractivity contribution in [3.63, 3.8) is 0 Å². The second-order valence-corrected chi connectivity index (χ2v) is 34.6. The number of rotatable bonds is 75. The molecule has 0 bridgehead atoms. The van der Waals surface area contributed by atoms with E-state index in [1.54, 1.807) is 0 Å². The van der Waals surface area contributed by atoms with Gasteiger partial charge in [0.15, 0.2) is 24.8 Å². The van der Waals surface area contributed by atoms with E-state index in [9.17, 15) is 74.6 Å². The molecule has 18 unspecified atom stereocenters. The van der Waals surface area contributed by atoms with Crippen LogP contribution >= 0.6 is 7.82 Å². The Morgan fingerprint density at radius 3 is 1.04 bits per heavy atom. The minimum absolute atomic E-state index is 0.0167. The van der Waals surface area contributed by atoms with Gasteiger partial charge in [-0.15, -0.1) is 0 Å². The summed E-state index contributed by atoms with van der Waals surface area (Å²) in [5, 5.41) is 102. The molecule has 0 amide bonds. The Balaban J connectivity index is 1.93. The molecule has 1 saturated carbocycles. The minimum Gasteiger partial charge on any atom is -0.463 e. The van der Waals surface area contributed by atoms with E-state index in [1.165, 1.54) is 186 Å². The average Bonchev–Trinajstić information content (AvgIpc) is 0.755. The van der Waals surface area contributed by atoms with Gasteiger partial charge in [-0.25, -0.2) is 4.57 Å². The number of allylic oxidation sites excluding steroid dienone is 2. The largest absolute Gasteiger partial charge is 0.472 e. The van der Waals surface area contributed by atoms with Crippen LogP contribution < -0.4 is 0 Å². The summed E-state index contributed by atoms with van der Waals surface area (Å²) < 4.78 is 73.4. The predicted octanol–water partition coefficient (Wildman–Crippen LogP) is 16.8. The molecule has 0 aromatic heterocycles. The molecule has 26 heteroatoms. The van der Waals surface area contributed by atoms with Crippen LogP contribution in [0.15, 0.2) is 12.2 Å². The van der Waals surface area contributed by atoms with E-state index in [4.69, 9.17) is 46.9 Å². The molecule has 10 N–H and O–H groups in total. The predicted molar refractivity (Wildman–Crippen MR) is 444 cm³/mol. The smallest absolute Gasteiger partial charge is 0.463 e. The van der Waals surface area contributed by atoms with Crippen LogP contribution in [-0.4, -0.2) is 205 Å². The van der Waals surface area contributed by atoms with Gasteiger partial charge in [0.05, 0.1) is 13.2 Å². The minimum atomic E-state index is -5.80. The van der Waals surface area contributed by atoms with Crippen LogP contribution in [0.3, 0.4) is 0 Å². The Morgan fingerprint density at radius 1 is 0.339 bits per heavy atom. The summed E-state index contributed by atoms with van der Waals surface area (Å²) >= 11 is 0. The molecule has 0 aromatic carbocycles. The maximum absolute atomic E-state index is 14.9. The maximum Gasteiger partial charge on any atom is 0.472 e. The molecular formula is C89H165O25P. The van der Waals surface area contributed by atoms with E-state index in [0.717, 1.165) is 128 Å². The Labute approximate surface area is 692 Å². The Hall–Kier alpha value is -2.79. The summed E-state index contributed by atoms with van der Waals surface area (Å²) in [5.41, 5.74) is 0. The number of carbonyl (C=O) groups excluding carboxylic acids is 4. The Bertz CT molecular complexity index is 2440. The van der Waals surface area contributed by atoms with Gasteiger partial charge in [-0.2, -0.15) is 0 Å². The van der Waals surface area contributed by atoms with Gasteiger partial charge in [-0.3, -0.25) is 28.2 Å². The van der Waals surface area contributed by atoms with Crippen molar-refractivity contribution in [3.8, 4) is 0 Å². The molecule has 0 spiro atoms. The van der Waals surface area contributed by atoms with E-state index in [2.05, 4.69) is 39.8 Å². The lowest BCUT2D eigenvalue weighted by molar-refractivity contribution is -0.360. The summed E-state index contributed by atoms with van der Waals surface area (Å²) in [6.07, 6.45) is 26.4. The second kappa shape index (κ2) is 68.7. The third-order valence-electron chi connectivity index (χ3n) is 22.8. The monoisotopic (exact) mass is 1670 g/mol. The summed E-state index contributed by atoms with van der Waals surface area (Å²) in [6, 6.07) is 0. The summed E-state index contributed by atoms with van der Waals surface area (Å²) in [7, 11) is -5.80. The first kappa shape index (κ1) is 106. The van der Waals surface area contributed by atoms with E-state index in [-0.39, 0.29) is 25.7 Å². The number of hydrogen-bond donors (Lipinski definition) is 10. The number of phosphoric acid groups is 1. The number of aliphatic hydroxyl groups excluding tert-OH is 9. The second-order valence-electron chi connectivity index (χ2n) is 33.2. The lowest BCUT2D eigenvalue weighted by atomic mass is 9.84. The average molecular weight is 1670 g/mol. The molecule has 0 aromatic rings. The van der Waals surface area contributed by atoms with Crippen molar-refractivity contribution in [2.24, 2.45) is 0 Å². The number of phosphoric ester groups is 1. The Kier molecular flexibility index (Phi) is 63.6. The molecule has 115 heavy (non-hydrogen) atoms. The van der Waals surface area contributed by atoms with Crippen molar-refractivity contribution in [1.82, 2.24) is 0 Å². The number of hydrogen-bond acceptors (Lipinski definition) is 24. The molecule has 0 radical (unpaired) electrons. The van der Waals surface area contributed by atoms with Crippen LogP contribution in [0.1, 0.15) is 400 Å². The highest BCUT2D eigenvalue weighted by molar-refractivity contribution is 7.47. The Morgan fingerprint density at radius 2 is 0.652 bits per heavy atom. The maximum atomic E-state index is 14.9. The van der Waals surface area contributed by atoms with Crippen LogP contribution in [-0.2, 0) is 70.7 Å². The van der Waals surface area contributed by atoms with Crippen molar-refractivity contribution in [1.29, 1.82) is 0 Å². The van der Waals surface area contributed by atoms with Gasteiger partial charge in [0.25, 0.3) is 0 Å². The van der Waals surface area contributed by atoms with Gasteiger partial charge in [0.2, 0.25) is 0 Å². The SMILES string of the molecule is CCCCCCCC/C=C\CCCCCC(=O)OCC(COP(=O)(O)OC1C(OC2OC(CO)C(O)C(O)C2O)C(O)C(O)C(OC(=O)CCCCCCCCCCCCCCCCC)C1OC1OC(COC(=O)CCCCCCCCCCCCCCC)C(O)C(O)C1O)OC(=O)CCCCCCCCCCCCCCCCC. The zero-order valence-electron chi connectivity index (χ0n) is 71.9. The molecule has 3 aliphatic rings. The first-order valence-corrected chi connectivity index (χ1v) is 47.9. The van der Waals surface area contributed by atoms with Crippen LogP contribution in [0.25, 0.3) is 0 Å². The number of aliphatic hydroxyl groups is 9. The van der Waals surface area contributed by atoms with Crippen LogP contribution in [0.5, 0.6) is 0 Å². The van der Waals surface area contributed by atoms with Crippen LogP contribution in [0.2, 0.25) is 0 Å². The summed E-state index contributed by atoms with van der Waals surface area (Å²) in [5.74, 6) is -2.97. The fourth-order valence-electron chi connectivity index (χ4n) is 15.4. The standard InChI is InChI=1S/C89H165O25P/c1-5-9-13-17-21-25-29-33-35-39-43-47-51-55-59-63-74(93)108-69(66-105-72(91)61-57-53-49-45-41-37-31-27-23-19-15-11-7-3)67-107-115(103,104)114-87-85(112-88-82(101)78(97)76(95)70(65-90)109-88)81(100)80(99)84(111-75(94)64-60-56-52-48-44-40-36-34-30-26-22-18-14-10-6-2)86(87)113-89-83(102)79(98)77(96)71(110-89)68-106-73(92)62-58-54-50-46-42-38-32-28-24-20-16-12-8-4/h37,41,69-71,76-90,95-102H,5-36,38-40,42-68H2,1-4H3,(H,103,104)/b41-37-. The molecule has 3 rings (SSSR count). The molecule has 1 aliphatic carbocycles. The highest BCUT2D eigenvalue weighted by Gasteiger charge is 2.60. The van der Waals surface area contributed by atoms with Gasteiger partial charge in [0.1, 0.15) is 92.6 Å². The first-order chi connectivity index (χ1) is 55.7. The topological polar surface area (TPSA) is 380 Å². The van der Waals surface area contributed by atoms with E-state index in [1.807, 2.05) is 0 Å². The molecule has 2 saturated heterocycles. The zero-order valence-corrected chi connectivity index (χ0v) is 72.7. The van der Waals surface area contributed by atoms with Gasteiger partial charge in [0, 0.05) is 25.7 Å². The molecule has 18 atom stereocenters. The molecule has 3 fully saturated rings. The summed E-state index contributed by atoms with van der Waals surface area (Å²) in [4.78, 5) is 66.4. The lowest BCUT2D eigenvalue weighted by Crippen LogP contribution is -2.70. The lowest BCUT2D eigenvalue weighted by Gasteiger charge is -2.50. The van der Waals surface area contributed by atoms with Gasteiger partial charge in [-0.05, 0) is 51.4 Å². The van der Waals surface area contributed by atoms with Gasteiger partial charge in [-0.1, -0.05) is 335 Å². The fourth-order valence-corrected chi connectivity index (χ4v) is 16.3. The quantitative estimate of drug-likeness (QED) is 0.00889. The normalized spacial score (nSPS) is 25.3. The van der Waals surface area contributed by atoms with Crippen molar-refractivity contribution >= 4 is 31.7 Å². The third kappa shape index (κ3) is 49.2. The molecule has 2 aliphatic heterocycles. The van der Waals surface area contributed by atoms with Crippen molar-refractivity contribution in [2.75, 3.05) is 26.4 Å². The zero-order chi connectivity index (χ0) is 84.0. The molecule has 2 heterocycles. The third-order valence-corrected chi connectivity index (χ3v) is 23.8. The van der Waals surface area contributed by atoms with Gasteiger partial charge < -0.3 is 88.7 Å². The van der Waals surface area contributed by atoms with Crippen molar-refractivity contribution in [3.05, 3.63) is 12.2 Å². The molecule has 676 valence electrons. The van der Waals surface area contributed by atoms with E-state index < -0.39 is 162 Å². The van der Waals surface area contributed by atoms with Crippen molar-refractivity contribution in [2.45, 2.75) is 504 Å². The van der Waals surface area contributed by atoms with E-state index in [0.29, 0.717) is 32.1 Å². The number of carbonyl (C=O) groups is 4. The molecule has 25 nitrogen and oxygen atoms in total. The first-order valence-electron chi connectivity index (χ1n) is 46.4. The number of ether oxygens (including phenoxy) is 8. The highest BCUT2D eigenvalue weighted by Crippen LogP contribution is 2.49. The number of esters is 4. The van der Waals surface area contributed by atoms with Crippen LogP contribution in [0.4, 0.5) is 0 Å². The van der Waals surface area contributed by atoms with Gasteiger partial charge >= 0.3 is 31.7 Å². The van der Waals surface area contributed by atoms with E-state index >= 15 is 0 Å².